The highest BCUT2D eigenvalue weighted by molar-refractivity contribution is 6.02. The second-order valence-electron chi connectivity index (χ2n) is 5.96. The van der Waals surface area contributed by atoms with Gasteiger partial charge in [-0.2, -0.15) is 0 Å². The summed E-state index contributed by atoms with van der Waals surface area (Å²) in [6.07, 6.45) is 1.39. The van der Waals surface area contributed by atoms with Crippen LogP contribution in [0.5, 0.6) is 0 Å². The van der Waals surface area contributed by atoms with Crippen molar-refractivity contribution < 1.29 is 14.0 Å². The molecule has 1 atom stereocenters. The van der Waals surface area contributed by atoms with E-state index in [1.165, 1.54) is 12.1 Å². The van der Waals surface area contributed by atoms with Crippen molar-refractivity contribution in [1.29, 1.82) is 0 Å². The SMILES string of the molecule is CCc1cccc(NC(=O)N[C@H]2CCN(c3ccc(F)cc3)C2=O)c1. The quantitative estimate of drug-likeness (QED) is 0.896. The van der Waals surface area contributed by atoms with Crippen molar-refractivity contribution >= 4 is 23.3 Å². The van der Waals surface area contributed by atoms with Gasteiger partial charge in [0.15, 0.2) is 0 Å². The van der Waals surface area contributed by atoms with Gasteiger partial charge in [-0.05, 0) is 54.8 Å². The second kappa shape index (κ2) is 7.34. The molecule has 0 radical (unpaired) electrons. The molecule has 1 aliphatic rings. The van der Waals surface area contributed by atoms with E-state index in [4.69, 9.17) is 0 Å². The van der Waals surface area contributed by atoms with E-state index in [2.05, 4.69) is 10.6 Å². The minimum absolute atomic E-state index is 0.191. The summed E-state index contributed by atoms with van der Waals surface area (Å²) in [6, 6.07) is 12.3. The van der Waals surface area contributed by atoms with E-state index in [1.54, 1.807) is 23.1 Å². The molecule has 5 nitrogen and oxygen atoms in total. The number of rotatable bonds is 4. The Kier molecular flexibility index (Phi) is 4.97. The van der Waals surface area contributed by atoms with Crippen LogP contribution in [-0.4, -0.2) is 24.5 Å². The Morgan fingerprint density at radius 2 is 2.00 bits per heavy atom. The number of nitrogens with zero attached hydrogens (tertiary/aromatic N) is 1. The zero-order chi connectivity index (χ0) is 17.8. The number of benzene rings is 2. The first-order chi connectivity index (χ1) is 12.1. The Labute approximate surface area is 145 Å². The van der Waals surface area contributed by atoms with Crippen LogP contribution >= 0.6 is 0 Å². The number of urea groups is 1. The molecule has 1 heterocycles. The van der Waals surface area contributed by atoms with Crippen molar-refractivity contribution in [3.63, 3.8) is 0 Å². The Morgan fingerprint density at radius 1 is 1.24 bits per heavy atom. The highest BCUT2D eigenvalue weighted by Gasteiger charge is 2.33. The third-order valence-electron chi connectivity index (χ3n) is 4.24. The Bertz CT molecular complexity index is 776. The fourth-order valence-corrected chi connectivity index (χ4v) is 2.89. The third-order valence-corrected chi connectivity index (χ3v) is 4.24. The predicted molar refractivity (Wildman–Crippen MR) is 95.1 cm³/mol. The zero-order valence-corrected chi connectivity index (χ0v) is 14.0. The van der Waals surface area contributed by atoms with Gasteiger partial charge in [0, 0.05) is 17.9 Å². The molecule has 0 saturated carbocycles. The number of amides is 3. The molecule has 25 heavy (non-hydrogen) atoms. The normalized spacial score (nSPS) is 16.8. The van der Waals surface area contributed by atoms with E-state index >= 15 is 0 Å². The van der Waals surface area contributed by atoms with Gasteiger partial charge in [-0.25, -0.2) is 9.18 Å². The number of hydrogen-bond donors (Lipinski definition) is 2. The fourth-order valence-electron chi connectivity index (χ4n) is 2.89. The van der Waals surface area contributed by atoms with E-state index in [0.717, 1.165) is 12.0 Å². The Morgan fingerprint density at radius 3 is 2.72 bits per heavy atom. The second-order valence-corrected chi connectivity index (χ2v) is 5.96. The van der Waals surface area contributed by atoms with Crippen LogP contribution in [0.4, 0.5) is 20.6 Å². The molecule has 0 unspecified atom stereocenters. The van der Waals surface area contributed by atoms with Crippen LogP contribution < -0.4 is 15.5 Å². The number of halogens is 1. The van der Waals surface area contributed by atoms with Crippen LogP contribution in [0.3, 0.4) is 0 Å². The van der Waals surface area contributed by atoms with E-state index in [-0.39, 0.29) is 11.7 Å². The van der Waals surface area contributed by atoms with Crippen LogP contribution in [0.2, 0.25) is 0 Å². The molecular weight excluding hydrogens is 321 g/mol. The number of anilines is 2. The maximum atomic E-state index is 13.0. The van der Waals surface area contributed by atoms with Crippen LogP contribution in [0.25, 0.3) is 0 Å². The highest BCUT2D eigenvalue weighted by Crippen LogP contribution is 2.22. The summed E-state index contributed by atoms with van der Waals surface area (Å²) in [7, 11) is 0. The Hall–Kier alpha value is -2.89. The van der Waals surface area contributed by atoms with Gasteiger partial charge in [-0.3, -0.25) is 4.79 Å². The first kappa shape index (κ1) is 17.0. The predicted octanol–water partition coefficient (Wildman–Crippen LogP) is 3.32. The maximum absolute atomic E-state index is 13.0. The van der Waals surface area contributed by atoms with Crippen molar-refractivity contribution in [3.05, 3.63) is 59.9 Å². The summed E-state index contributed by atoms with van der Waals surface area (Å²) in [6.45, 7) is 2.53. The first-order valence-electron chi connectivity index (χ1n) is 8.30. The first-order valence-corrected chi connectivity index (χ1v) is 8.30. The fraction of sp³-hybridized carbons (Fsp3) is 0.263. The molecule has 0 aromatic heterocycles. The average Bonchev–Trinajstić information content (AvgIpc) is 2.96. The summed E-state index contributed by atoms with van der Waals surface area (Å²) in [4.78, 5) is 26.2. The number of hydrogen-bond acceptors (Lipinski definition) is 2. The van der Waals surface area contributed by atoms with Crippen molar-refractivity contribution in [3.8, 4) is 0 Å². The number of carbonyl (C=O) groups excluding carboxylic acids is 2. The Balaban J connectivity index is 1.60. The van der Waals surface area contributed by atoms with Crippen molar-refractivity contribution in [2.24, 2.45) is 0 Å². The molecule has 2 aromatic carbocycles. The molecule has 0 aliphatic carbocycles. The van der Waals surface area contributed by atoms with Gasteiger partial charge in [0.25, 0.3) is 0 Å². The molecule has 3 amide bonds. The number of aryl methyl sites for hydroxylation is 1. The third kappa shape index (κ3) is 3.96. The maximum Gasteiger partial charge on any atom is 0.319 e. The summed E-state index contributed by atoms with van der Waals surface area (Å²) < 4.78 is 13.0. The molecule has 6 heteroatoms. The average molecular weight is 341 g/mol. The van der Waals surface area contributed by atoms with E-state index in [1.807, 2.05) is 25.1 Å². The molecular formula is C19H20FN3O2. The van der Waals surface area contributed by atoms with Gasteiger partial charge < -0.3 is 15.5 Å². The standard InChI is InChI=1S/C19H20FN3O2/c1-2-13-4-3-5-15(12-13)21-19(25)22-17-10-11-23(18(17)24)16-8-6-14(20)7-9-16/h3-9,12,17H,2,10-11H2,1H3,(H2,21,22,25)/t17-/m0/s1. The molecule has 1 fully saturated rings. The van der Waals surface area contributed by atoms with Gasteiger partial charge in [-0.1, -0.05) is 19.1 Å². The van der Waals surface area contributed by atoms with E-state index in [0.29, 0.717) is 24.3 Å². The van der Waals surface area contributed by atoms with Gasteiger partial charge in [0.1, 0.15) is 11.9 Å². The van der Waals surface area contributed by atoms with Crippen molar-refractivity contribution in [1.82, 2.24) is 5.32 Å². The summed E-state index contributed by atoms with van der Waals surface area (Å²) >= 11 is 0. The van der Waals surface area contributed by atoms with Crippen LogP contribution in [0.15, 0.2) is 48.5 Å². The van der Waals surface area contributed by atoms with Crippen LogP contribution in [-0.2, 0) is 11.2 Å². The molecule has 0 bridgehead atoms. The van der Waals surface area contributed by atoms with E-state index in [9.17, 15) is 14.0 Å². The minimum Gasteiger partial charge on any atom is -0.326 e. The van der Waals surface area contributed by atoms with Gasteiger partial charge >= 0.3 is 6.03 Å². The lowest BCUT2D eigenvalue weighted by atomic mass is 10.1. The monoisotopic (exact) mass is 341 g/mol. The van der Waals surface area contributed by atoms with Crippen molar-refractivity contribution in [2.75, 3.05) is 16.8 Å². The lowest BCUT2D eigenvalue weighted by Crippen LogP contribution is -2.43. The molecule has 3 rings (SSSR count). The van der Waals surface area contributed by atoms with Gasteiger partial charge in [0.05, 0.1) is 0 Å². The number of nitrogens with one attached hydrogen (secondary N) is 2. The molecule has 1 aliphatic heterocycles. The summed E-state index contributed by atoms with van der Waals surface area (Å²) in [5, 5.41) is 5.47. The van der Waals surface area contributed by atoms with Crippen LogP contribution in [0, 0.1) is 5.82 Å². The topological polar surface area (TPSA) is 61.4 Å². The lowest BCUT2D eigenvalue weighted by Gasteiger charge is -2.17. The van der Waals surface area contributed by atoms with Crippen molar-refractivity contribution in [2.45, 2.75) is 25.8 Å². The number of carbonyl (C=O) groups is 2. The summed E-state index contributed by atoms with van der Waals surface area (Å²) in [5.74, 6) is -0.539. The smallest absolute Gasteiger partial charge is 0.319 e. The van der Waals surface area contributed by atoms with Crippen LogP contribution in [0.1, 0.15) is 18.9 Å². The minimum atomic E-state index is -0.584. The van der Waals surface area contributed by atoms with E-state index < -0.39 is 12.1 Å². The van der Waals surface area contributed by atoms with Gasteiger partial charge in [0.2, 0.25) is 5.91 Å². The molecule has 2 aromatic rings. The molecule has 2 N–H and O–H groups in total. The largest absolute Gasteiger partial charge is 0.326 e. The highest BCUT2D eigenvalue weighted by atomic mass is 19.1. The van der Waals surface area contributed by atoms with Gasteiger partial charge in [-0.15, -0.1) is 0 Å². The summed E-state index contributed by atoms with van der Waals surface area (Å²) in [5.41, 5.74) is 2.45. The lowest BCUT2D eigenvalue weighted by molar-refractivity contribution is -0.118. The zero-order valence-electron chi connectivity index (χ0n) is 14.0. The molecule has 0 spiro atoms. The molecule has 1 saturated heterocycles. The molecule has 130 valence electrons.